The Morgan fingerprint density at radius 3 is 2.60 bits per heavy atom. The summed E-state index contributed by atoms with van der Waals surface area (Å²) < 4.78 is 5.66. The van der Waals surface area contributed by atoms with E-state index in [9.17, 15) is 0 Å². The third-order valence-corrected chi connectivity index (χ3v) is 2.86. The lowest BCUT2D eigenvalue weighted by Crippen LogP contribution is -1.95. The predicted octanol–water partition coefficient (Wildman–Crippen LogP) is 3.65. The molecule has 0 unspecified atom stereocenters. The Morgan fingerprint density at radius 2 is 1.90 bits per heavy atom. The fraction of sp³-hybridized carbons (Fsp3) is 0.176. The van der Waals surface area contributed by atoms with Crippen LogP contribution in [0.2, 0.25) is 5.02 Å². The number of halogens is 1. The van der Waals surface area contributed by atoms with E-state index in [-0.39, 0.29) is 6.61 Å². The van der Waals surface area contributed by atoms with Crippen molar-refractivity contribution in [3.05, 3.63) is 64.7 Å². The average molecular weight is 287 g/mol. The van der Waals surface area contributed by atoms with Crippen LogP contribution in [0.4, 0.5) is 0 Å². The van der Waals surface area contributed by atoms with Gasteiger partial charge in [-0.25, -0.2) is 0 Å². The van der Waals surface area contributed by atoms with Crippen LogP contribution in [-0.2, 0) is 6.61 Å². The van der Waals surface area contributed by atoms with Crippen molar-refractivity contribution >= 4 is 11.6 Å². The first-order valence-electron chi connectivity index (χ1n) is 6.35. The molecule has 0 aliphatic carbocycles. The molecule has 0 radical (unpaired) electrons. The lowest BCUT2D eigenvalue weighted by atomic mass is 10.1. The van der Waals surface area contributed by atoms with Crippen LogP contribution in [0, 0.1) is 11.8 Å². The zero-order chi connectivity index (χ0) is 14.2. The highest BCUT2D eigenvalue weighted by Gasteiger charge is 1.97. The van der Waals surface area contributed by atoms with E-state index in [4.69, 9.17) is 21.4 Å². The Morgan fingerprint density at radius 1 is 1.10 bits per heavy atom. The molecule has 0 bridgehead atoms. The van der Waals surface area contributed by atoms with Crippen LogP contribution >= 0.6 is 11.6 Å². The summed E-state index contributed by atoms with van der Waals surface area (Å²) in [4.78, 5) is 0. The molecule has 0 aliphatic rings. The van der Waals surface area contributed by atoms with Gasteiger partial charge < -0.3 is 9.84 Å². The second-order valence-corrected chi connectivity index (χ2v) is 4.65. The second-order valence-electron chi connectivity index (χ2n) is 4.22. The van der Waals surface area contributed by atoms with Gasteiger partial charge in [0.1, 0.15) is 12.4 Å². The molecule has 2 aromatic carbocycles. The van der Waals surface area contributed by atoms with E-state index in [0.29, 0.717) is 18.1 Å². The summed E-state index contributed by atoms with van der Waals surface area (Å²) in [5.74, 6) is 6.63. The van der Waals surface area contributed by atoms with E-state index in [0.717, 1.165) is 16.9 Å². The van der Waals surface area contributed by atoms with Crippen molar-refractivity contribution in [3.8, 4) is 17.6 Å². The van der Waals surface area contributed by atoms with Crippen LogP contribution in [0.5, 0.6) is 5.75 Å². The Bertz CT molecular complexity index is 609. The number of aliphatic hydroxyl groups excluding tert-OH is 1. The highest BCUT2D eigenvalue weighted by Crippen LogP contribution is 2.18. The summed E-state index contributed by atoms with van der Waals surface area (Å²) in [6.45, 7) is 0.587. The SMILES string of the molecule is OCCC#Cc1ccc(COc2cccc(Cl)c2)cc1. The zero-order valence-corrected chi connectivity index (χ0v) is 11.7. The summed E-state index contributed by atoms with van der Waals surface area (Å²) in [5, 5.41) is 9.32. The third kappa shape index (κ3) is 4.62. The molecule has 0 amide bonds. The van der Waals surface area contributed by atoms with Gasteiger partial charge in [-0.05, 0) is 35.9 Å². The van der Waals surface area contributed by atoms with E-state index in [1.54, 1.807) is 6.07 Å². The van der Waals surface area contributed by atoms with Crippen molar-refractivity contribution in [2.24, 2.45) is 0 Å². The number of hydrogen-bond donors (Lipinski definition) is 1. The number of ether oxygens (including phenoxy) is 1. The van der Waals surface area contributed by atoms with E-state index in [1.807, 2.05) is 42.5 Å². The Labute approximate surface area is 124 Å². The number of rotatable bonds is 4. The van der Waals surface area contributed by atoms with E-state index < -0.39 is 0 Å². The van der Waals surface area contributed by atoms with Gasteiger partial charge in [0, 0.05) is 17.0 Å². The minimum Gasteiger partial charge on any atom is -0.489 e. The maximum atomic E-state index is 8.66. The summed E-state index contributed by atoms with van der Waals surface area (Å²) in [5.41, 5.74) is 2.00. The standard InChI is InChI=1S/C17H15ClO2/c18-16-5-3-6-17(12-16)20-13-15-9-7-14(8-10-15)4-1-2-11-19/h3,5-10,12,19H,2,11,13H2. The van der Waals surface area contributed by atoms with Gasteiger partial charge in [-0.3, -0.25) is 0 Å². The molecule has 0 saturated heterocycles. The van der Waals surface area contributed by atoms with Gasteiger partial charge in [-0.2, -0.15) is 0 Å². The zero-order valence-electron chi connectivity index (χ0n) is 11.0. The summed E-state index contributed by atoms with van der Waals surface area (Å²) >= 11 is 5.89. The topological polar surface area (TPSA) is 29.5 Å². The van der Waals surface area contributed by atoms with Crippen LogP contribution in [0.15, 0.2) is 48.5 Å². The van der Waals surface area contributed by atoms with Crippen LogP contribution in [0.3, 0.4) is 0 Å². The van der Waals surface area contributed by atoms with Crippen LogP contribution in [-0.4, -0.2) is 11.7 Å². The molecular weight excluding hydrogens is 272 g/mol. The molecule has 2 rings (SSSR count). The molecule has 0 spiro atoms. The molecule has 0 aromatic heterocycles. The summed E-state index contributed by atoms with van der Waals surface area (Å²) in [7, 11) is 0. The molecule has 0 atom stereocenters. The first-order chi connectivity index (χ1) is 9.78. The first kappa shape index (κ1) is 14.5. The largest absolute Gasteiger partial charge is 0.489 e. The predicted molar refractivity (Wildman–Crippen MR) is 80.8 cm³/mol. The fourth-order valence-corrected chi connectivity index (χ4v) is 1.81. The van der Waals surface area contributed by atoms with Crippen molar-refractivity contribution in [2.75, 3.05) is 6.61 Å². The fourth-order valence-electron chi connectivity index (χ4n) is 1.63. The Balaban J connectivity index is 1.93. The molecular formula is C17H15ClO2. The highest BCUT2D eigenvalue weighted by atomic mass is 35.5. The third-order valence-electron chi connectivity index (χ3n) is 2.63. The van der Waals surface area contributed by atoms with E-state index in [2.05, 4.69) is 11.8 Å². The van der Waals surface area contributed by atoms with Crippen molar-refractivity contribution in [2.45, 2.75) is 13.0 Å². The molecule has 2 nitrogen and oxygen atoms in total. The van der Waals surface area contributed by atoms with Crippen LogP contribution in [0.1, 0.15) is 17.5 Å². The highest BCUT2D eigenvalue weighted by molar-refractivity contribution is 6.30. The van der Waals surface area contributed by atoms with E-state index in [1.165, 1.54) is 0 Å². The maximum Gasteiger partial charge on any atom is 0.121 e. The average Bonchev–Trinajstić information content (AvgIpc) is 2.47. The van der Waals surface area contributed by atoms with Gasteiger partial charge in [0.25, 0.3) is 0 Å². The van der Waals surface area contributed by atoms with Crippen LogP contribution in [0.25, 0.3) is 0 Å². The number of hydrogen-bond acceptors (Lipinski definition) is 2. The lowest BCUT2D eigenvalue weighted by molar-refractivity contribution is 0.305. The minimum atomic E-state index is 0.0958. The van der Waals surface area contributed by atoms with E-state index >= 15 is 0 Å². The molecule has 3 heteroatoms. The molecule has 0 saturated carbocycles. The molecule has 2 aromatic rings. The summed E-state index contributed by atoms with van der Waals surface area (Å²) in [6, 6.07) is 15.2. The maximum absolute atomic E-state index is 8.66. The van der Waals surface area contributed by atoms with Crippen molar-refractivity contribution < 1.29 is 9.84 Å². The van der Waals surface area contributed by atoms with Gasteiger partial charge in [-0.15, -0.1) is 0 Å². The first-order valence-corrected chi connectivity index (χ1v) is 6.73. The smallest absolute Gasteiger partial charge is 0.121 e. The van der Waals surface area contributed by atoms with Gasteiger partial charge in [0.15, 0.2) is 0 Å². The van der Waals surface area contributed by atoms with Gasteiger partial charge in [0.05, 0.1) is 6.61 Å². The molecule has 0 aliphatic heterocycles. The van der Waals surface area contributed by atoms with Crippen molar-refractivity contribution in [1.82, 2.24) is 0 Å². The molecule has 102 valence electrons. The number of benzene rings is 2. The van der Waals surface area contributed by atoms with Gasteiger partial charge in [-0.1, -0.05) is 41.6 Å². The molecule has 1 N–H and O–H groups in total. The lowest BCUT2D eigenvalue weighted by Gasteiger charge is -2.06. The molecule has 0 heterocycles. The molecule has 20 heavy (non-hydrogen) atoms. The Kier molecular flexibility index (Phi) is 5.49. The number of aliphatic hydroxyl groups is 1. The monoisotopic (exact) mass is 286 g/mol. The minimum absolute atomic E-state index is 0.0958. The van der Waals surface area contributed by atoms with Crippen LogP contribution < -0.4 is 4.74 Å². The van der Waals surface area contributed by atoms with Crippen molar-refractivity contribution in [3.63, 3.8) is 0 Å². The van der Waals surface area contributed by atoms with Crippen molar-refractivity contribution in [1.29, 1.82) is 0 Å². The molecule has 0 fully saturated rings. The quantitative estimate of drug-likeness (QED) is 0.869. The summed E-state index contributed by atoms with van der Waals surface area (Å²) in [6.07, 6.45) is 0.500. The normalized spacial score (nSPS) is 9.70. The van der Waals surface area contributed by atoms with Gasteiger partial charge in [0.2, 0.25) is 0 Å². The second kappa shape index (κ2) is 7.59. The Hall–Kier alpha value is -1.95. The van der Waals surface area contributed by atoms with Gasteiger partial charge >= 0.3 is 0 Å².